The van der Waals surface area contributed by atoms with E-state index in [0.29, 0.717) is 22.6 Å². The summed E-state index contributed by atoms with van der Waals surface area (Å²) in [5.74, 6) is -0.0575. The second-order valence-corrected chi connectivity index (χ2v) is 5.40. The molecule has 5 heteroatoms. The Balaban J connectivity index is 2.04. The van der Waals surface area contributed by atoms with Crippen LogP contribution in [0.15, 0.2) is 36.4 Å². The smallest absolute Gasteiger partial charge is 0.143 e. The van der Waals surface area contributed by atoms with Crippen molar-refractivity contribution < 1.29 is 8.78 Å². The maximum absolute atomic E-state index is 13.5. The number of benzene rings is 2. The molecule has 4 rings (SSSR count). The minimum Gasteiger partial charge on any atom is -0.398 e. The highest BCUT2D eigenvalue weighted by atomic mass is 19.1. The number of nitrogen functional groups attached to an aromatic ring is 1. The monoisotopic (exact) mass is 285 g/mol. The zero-order valence-corrected chi connectivity index (χ0v) is 11.2. The summed E-state index contributed by atoms with van der Waals surface area (Å²) >= 11 is 0. The van der Waals surface area contributed by atoms with Gasteiger partial charge in [-0.05, 0) is 49.2 Å². The van der Waals surface area contributed by atoms with Crippen molar-refractivity contribution in [3.63, 3.8) is 0 Å². The predicted molar refractivity (Wildman–Crippen MR) is 77.8 cm³/mol. The van der Waals surface area contributed by atoms with Crippen LogP contribution in [-0.4, -0.2) is 9.55 Å². The second-order valence-electron chi connectivity index (χ2n) is 5.40. The molecule has 0 saturated heterocycles. The average molecular weight is 285 g/mol. The predicted octanol–water partition coefficient (Wildman–Crippen LogP) is 3.90. The Hall–Kier alpha value is -2.43. The fourth-order valence-corrected chi connectivity index (χ4v) is 2.68. The van der Waals surface area contributed by atoms with Crippen molar-refractivity contribution in [2.24, 2.45) is 0 Å². The van der Waals surface area contributed by atoms with Gasteiger partial charge >= 0.3 is 0 Å². The van der Waals surface area contributed by atoms with Gasteiger partial charge in [0, 0.05) is 17.3 Å². The van der Waals surface area contributed by atoms with Gasteiger partial charge in [-0.25, -0.2) is 13.8 Å². The van der Waals surface area contributed by atoms with Crippen LogP contribution < -0.4 is 5.73 Å². The number of nitrogens with zero attached hydrogens (tertiary/aromatic N) is 2. The van der Waals surface area contributed by atoms with Crippen molar-refractivity contribution in [3.05, 3.63) is 48.0 Å². The standard InChI is InChI=1S/C16H13F2N3/c17-9-1-5-13(19)12(7-9)16-20-14-6-2-10(18)8-15(14)21(16)11-3-4-11/h1-2,5-8,11H,3-4,19H2. The topological polar surface area (TPSA) is 43.8 Å². The normalized spacial score (nSPS) is 14.8. The molecule has 1 aromatic heterocycles. The van der Waals surface area contributed by atoms with Crippen molar-refractivity contribution >= 4 is 16.7 Å². The highest BCUT2D eigenvalue weighted by molar-refractivity contribution is 5.84. The molecule has 21 heavy (non-hydrogen) atoms. The third-order valence-electron chi connectivity index (χ3n) is 3.82. The number of hydrogen-bond donors (Lipinski definition) is 1. The molecule has 106 valence electrons. The number of halogens is 2. The number of nitrogens with two attached hydrogens (primary N) is 1. The SMILES string of the molecule is Nc1ccc(F)cc1-c1nc2ccc(F)cc2n1C1CC1. The minimum atomic E-state index is -0.361. The van der Waals surface area contributed by atoms with Crippen molar-refractivity contribution in [3.8, 4) is 11.4 Å². The van der Waals surface area contributed by atoms with Gasteiger partial charge in [0.1, 0.15) is 17.5 Å². The lowest BCUT2D eigenvalue weighted by atomic mass is 10.1. The van der Waals surface area contributed by atoms with Gasteiger partial charge < -0.3 is 10.3 Å². The van der Waals surface area contributed by atoms with E-state index in [1.165, 1.54) is 30.3 Å². The molecular weight excluding hydrogens is 272 g/mol. The number of anilines is 1. The molecule has 0 bridgehead atoms. The highest BCUT2D eigenvalue weighted by Gasteiger charge is 2.29. The molecule has 0 spiro atoms. The molecule has 1 aliphatic carbocycles. The molecule has 2 aromatic carbocycles. The van der Waals surface area contributed by atoms with Gasteiger partial charge in [-0.3, -0.25) is 0 Å². The molecule has 1 aliphatic rings. The van der Waals surface area contributed by atoms with E-state index in [1.54, 1.807) is 6.07 Å². The molecule has 0 radical (unpaired) electrons. The van der Waals surface area contributed by atoms with Crippen LogP contribution in [0.5, 0.6) is 0 Å². The summed E-state index contributed by atoms with van der Waals surface area (Å²) in [5.41, 5.74) is 8.42. The second kappa shape index (κ2) is 4.28. The summed E-state index contributed by atoms with van der Waals surface area (Å²) in [6.07, 6.45) is 2.04. The Morgan fingerprint density at radius 1 is 1.05 bits per heavy atom. The van der Waals surface area contributed by atoms with E-state index in [2.05, 4.69) is 4.98 Å². The highest BCUT2D eigenvalue weighted by Crippen LogP contribution is 2.42. The summed E-state index contributed by atoms with van der Waals surface area (Å²) in [6.45, 7) is 0. The third kappa shape index (κ3) is 1.96. The van der Waals surface area contributed by atoms with Crippen LogP contribution in [0, 0.1) is 11.6 Å². The lowest BCUT2D eigenvalue weighted by Gasteiger charge is -2.10. The Kier molecular flexibility index (Phi) is 2.51. The molecule has 3 aromatic rings. The van der Waals surface area contributed by atoms with Gasteiger partial charge in [-0.1, -0.05) is 0 Å². The Bertz CT molecular complexity index is 850. The molecule has 3 nitrogen and oxygen atoms in total. The molecule has 0 aliphatic heterocycles. The lowest BCUT2D eigenvalue weighted by molar-refractivity contribution is 0.626. The fourth-order valence-electron chi connectivity index (χ4n) is 2.68. The molecule has 1 fully saturated rings. The lowest BCUT2D eigenvalue weighted by Crippen LogP contribution is -2.00. The first-order valence-electron chi connectivity index (χ1n) is 6.86. The molecule has 1 saturated carbocycles. The van der Waals surface area contributed by atoms with Crippen LogP contribution in [0.1, 0.15) is 18.9 Å². The van der Waals surface area contributed by atoms with E-state index in [1.807, 2.05) is 4.57 Å². The van der Waals surface area contributed by atoms with Crippen LogP contribution in [0.2, 0.25) is 0 Å². The number of rotatable bonds is 2. The van der Waals surface area contributed by atoms with Crippen LogP contribution in [0.3, 0.4) is 0 Å². The van der Waals surface area contributed by atoms with E-state index in [9.17, 15) is 8.78 Å². The van der Waals surface area contributed by atoms with E-state index in [-0.39, 0.29) is 17.7 Å². The first-order chi connectivity index (χ1) is 10.1. The van der Waals surface area contributed by atoms with Crippen LogP contribution >= 0.6 is 0 Å². The van der Waals surface area contributed by atoms with Crippen molar-refractivity contribution in [1.29, 1.82) is 0 Å². The average Bonchev–Trinajstić information content (AvgIpc) is 3.22. The maximum Gasteiger partial charge on any atom is 0.143 e. The quantitative estimate of drug-likeness (QED) is 0.726. The van der Waals surface area contributed by atoms with Crippen molar-refractivity contribution in [1.82, 2.24) is 9.55 Å². The van der Waals surface area contributed by atoms with Crippen LogP contribution in [0.25, 0.3) is 22.4 Å². The summed E-state index contributed by atoms with van der Waals surface area (Å²) in [6, 6.07) is 9.01. The molecular formula is C16H13F2N3. The van der Waals surface area contributed by atoms with E-state index < -0.39 is 0 Å². The maximum atomic E-state index is 13.5. The Labute approximate surface area is 120 Å². The van der Waals surface area contributed by atoms with Crippen LogP contribution in [-0.2, 0) is 0 Å². The van der Waals surface area contributed by atoms with Crippen molar-refractivity contribution in [2.75, 3.05) is 5.73 Å². The summed E-state index contributed by atoms with van der Waals surface area (Å²) in [7, 11) is 0. The largest absolute Gasteiger partial charge is 0.398 e. The van der Waals surface area contributed by atoms with Gasteiger partial charge in [0.25, 0.3) is 0 Å². The third-order valence-corrected chi connectivity index (χ3v) is 3.82. The number of aromatic nitrogens is 2. The van der Waals surface area contributed by atoms with E-state index >= 15 is 0 Å². The van der Waals surface area contributed by atoms with Gasteiger partial charge in [-0.2, -0.15) is 0 Å². The van der Waals surface area contributed by atoms with Gasteiger partial charge in [-0.15, -0.1) is 0 Å². The number of fused-ring (bicyclic) bond motifs is 1. The van der Waals surface area contributed by atoms with E-state index in [4.69, 9.17) is 5.73 Å². The summed E-state index contributed by atoms with van der Waals surface area (Å²) in [4.78, 5) is 4.54. The van der Waals surface area contributed by atoms with Gasteiger partial charge in [0.05, 0.1) is 11.0 Å². The molecule has 0 atom stereocenters. The molecule has 1 heterocycles. The van der Waals surface area contributed by atoms with Gasteiger partial charge in [0.2, 0.25) is 0 Å². The first-order valence-corrected chi connectivity index (χ1v) is 6.86. The fraction of sp³-hybridized carbons (Fsp3) is 0.188. The molecule has 0 amide bonds. The zero-order valence-electron chi connectivity index (χ0n) is 11.2. The number of hydrogen-bond acceptors (Lipinski definition) is 2. The minimum absolute atomic E-state index is 0.287. The van der Waals surface area contributed by atoms with Crippen molar-refractivity contribution in [2.45, 2.75) is 18.9 Å². The summed E-state index contributed by atoms with van der Waals surface area (Å²) in [5, 5.41) is 0. The molecule has 0 unspecified atom stereocenters. The van der Waals surface area contributed by atoms with Crippen LogP contribution in [0.4, 0.5) is 14.5 Å². The zero-order chi connectivity index (χ0) is 14.6. The first kappa shape index (κ1) is 12.3. The Morgan fingerprint density at radius 3 is 2.52 bits per heavy atom. The summed E-state index contributed by atoms with van der Waals surface area (Å²) < 4.78 is 29.1. The van der Waals surface area contributed by atoms with Gasteiger partial charge in [0.15, 0.2) is 0 Å². The number of imidazole rings is 1. The van der Waals surface area contributed by atoms with E-state index in [0.717, 1.165) is 18.4 Å². The molecule has 2 N–H and O–H groups in total. The Morgan fingerprint density at radius 2 is 1.76 bits per heavy atom.